The summed E-state index contributed by atoms with van der Waals surface area (Å²) in [6, 6.07) is 12.5. The van der Waals surface area contributed by atoms with Crippen molar-refractivity contribution in [2.75, 3.05) is 19.9 Å². The van der Waals surface area contributed by atoms with E-state index in [1.807, 2.05) is 13.8 Å². The van der Waals surface area contributed by atoms with Crippen LogP contribution in [0, 0.1) is 5.82 Å². The summed E-state index contributed by atoms with van der Waals surface area (Å²) >= 11 is 0. The Kier molecular flexibility index (Phi) is 10.5. The van der Waals surface area contributed by atoms with Gasteiger partial charge >= 0.3 is 0 Å². The van der Waals surface area contributed by atoms with Crippen LogP contribution in [0.5, 0.6) is 5.75 Å². The second-order valence-electron chi connectivity index (χ2n) is 6.68. The maximum atomic E-state index is 14.0. The van der Waals surface area contributed by atoms with E-state index < -0.39 is 15.7 Å². The summed E-state index contributed by atoms with van der Waals surface area (Å²) in [5, 5.41) is 6.33. The molecule has 0 fully saturated rings. The van der Waals surface area contributed by atoms with E-state index in [2.05, 4.69) is 15.6 Å². The maximum Gasteiger partial charge on any atom is 0.191 e. The molecule has 0 aliphatic carbocycles. The van der Waals surface area contributed by atoms with E-state index in [1.54, 1.807) is 49.5 Å². The van der Waals surface area contributed by atoms with Crippen LogP contribution in [0.1, 0.15) is 31.9 Å². The normalized spacial score (nSPS) is 13.7. The fourth-order valence-electron chi connectivity index (χ4n) is 2.85. The Morgan fingerprint density at radius 3 is 2.37 bits per heavy atom. The third kappa shape index (κ3) is 7.12. The molecule has 166 valence electrons. The molecule has 0 saturated carbocycles. The average Bonchev–Trinajstić information content (AvgIpc) is 2.72. The lowest BCUT2D eigenvalue weighted by Gasteiger charge is -2.23. The first-order valence-electron chi connectivity index (χ1n) is 9.41. The molecule has 6 nitrogen and oxygen atoms in total. The fraction of sp³-hybridized carbons (Fsp3) is 0.381. The Morgan fingerprint density at radius 2 is 1.83 bits per heavy atom. The van der Waals surface area contributed by atoms with E-state index >= 15 is 0 Å². The molecule has 0 aromatic heterocycles. The first-order chi connectivity index (χ1) is 13.8. The highest BCUT2D eigenvalue weighted by Gasteiger charge is 2.21. The number of nitrogens with one attached hydrogen (secondary N) is 2. The number of aliphatic imine (C=N–C) groups is 1. The van der Waals surface area contributed by atoms with Crippen LogP contribution < -0.4 is 15.4 Å². The SMILES string of the molecule is CCC(CS(=O)(=O)c1ccccc1)NC(=NC)NC(C)c1ccc(OC)c(F)c1.I. The molecule has 2 rings (SSSR count). The zero-order valence-corrected chi connectivity index (χ0v) is 20.7. The molecule has 2 N–H and O–H groups in total. The van der Waals surface area contributed by atoms with Gasteiger partial charge in [-0.1, -0.05) is 31.2 Å². The Morgan fingerprint density at radius 1 is 1.17 bits per heavy atom. The molecule has 0 heterocycles. The van der Waals surface area contributed by atoms with Gasteiger partial charge < -0.3 is 15.4 Å². The van der Waals surface area contributed by atoms with Gasteiger partial charge in [-0.05, 0) is 43.2 Å². The van der Waals surface area contributed by atoms with Crippen molar-refractivity contribution < 1.29 is 17.5 Å². The fourth-order valence-corrected chi connectivity index (χ4v) is 4.47. The van der Waals surface area contributed by atoms with Gasteiger partial charge in [0.2, 0.25) is 0 Å². The van der Waals surface area contributed by atoms with Gasteiger partial charge in [-0.25, -0.2) is 12.8 Å². The molecule has 2 aromatic carbocycles. The van der Waals surface area contributed by atoms with Crippen LogP contribution in [0.3, 0.4) is 0 Å². The van der Waals surface area contributed by atoms with Crippen LogP contribution in [0.4, 0.5) is 4.39 Å². The van der Waals surface area contributed by atoms with Crippen molar-refractivity contribution in [3.63, 3.8) is 0 Å². The average molecular weight is 549 g/mol. The van der Waals surface area contributed by atoms with Gasteiger partial charge in [0.05, 0.1) is 23.8 Å². The van der Waals surface area contributed by atoms with Crippen LogP contribution in [-0.2, 0) is 9.84 Å². The molecule has 0 aliphatic rings. The van der Waals surface area contributed by atoms with E-state index in [0.717, 1.165) is 5.56 Å². The molecule has 2 aromatic rings. The van der Waals surface area contributed by atoms with Crippen LogP contribution >= 0.6 is 24.0 Å². The van der Waals surface area contributed by atoms with Crippen LogP contribution in [0.15, 0.2) is 58.4 Å². The van der Waals surface area contributed by atoms with Crippen molar-refractivity contribution in [1.82, 2.24) is 10.6 Å². The topological polar surface area (TPSA) is 79.8 Å². The number of guanidine groups is 1. The number of benzene rings is 2. The van der Waals surface area contributed by atoms with Crippen molar-refractivity contribution in [1.29, 1.82) is 0 Å². The third-order valence-corrected chi connectivity index (χ3v) is 6.44. The number of methoxy groups -OCH3 is 1. The van der Waals surface area contributed by atoms with Gasteiger partial charge in [-0.15, -0.1) is 24.0 Å². The second kappa shape index (κ2) is 12.1. The standard InChI is InChI=1S/C21H28FN3O3S.HI/c1-5-17(14-29(26,27)18-9-7-6-8-10-18)25-21(23-3)24-15(2)16-11-12-20(28-4)19(22)13-16;/h6-13,15,17H,5,14H2,1-4H3,(H2,23,24,25);1H. The molecular formula is C21H29FIN3O3S. The van der Waals surface area contributed by atoms with Crippen molar-refractivity contribution in [2.24, 2.45) is 4.99 Å². The van der Waals surface area contributed by atoms with Gasteiger partial charge in [-0.2, -0.15) is 0 Å². The van der Waals surface area contributed by atoms with Crippen molar-refractivity contribution in [3.05, 3.63) is 59.9 Å². The van der Waals surface area contributed by atoms with Gasteiger partial charge in [0.15, 0.2) is 27.4 Å². The highest BCUT2D eigenvalue weighted by Crippen LogP contribution is 2.21. The molecule has 0 radical (unpaired) electrons. The Hall–Kier alpha value is -1.88. The van der Waals surface area contributed by atoms with Gasteiger partial charge in [0.25, 0.3) is 0 Å². The van der Waals surface area contributed by atoms with E-state index in [9.17, 15) is 12.8 Å². The van der Waals surface area contributed by atoms with E-state index in [1.165, 1.54) is 13.2 Å². The quantitative estimate of drug-likeness (QED) is 0.297. The minimum Gasteiger partial charge on any atom is -0.494 e. The van der Waals surface area contributed by atoms with E-state index in [4.69, 9.17) is 4.74 Å². The Bertz CT molecular complexity index is 940. The van der Waals surface area contributed by atoms with Crippen molar-refractivity contribution >= 4 is 39.8 Å². The lowest BCUT2D eigenvalue weighted by atomic mass is 10.1. The number of hydrogen-bond acceptors (Lipinski definition) is 4. The zero-order valence-electron chi connectivity index (χ0n) is 17.6. The monoisotopic (exact) mass is 549 g/mol. The van der Waals surface area contributed by atoms with Crippen molar-refractivity contribution in [2.45, 2.75) is 37.2 Å². The molecule has 30 heavy (non-hydrogen) atoms. The number of nitrogens with zero attached hydrogens (tertiary/aromatic N) is 1. The molecule has 0 amide bonds. The highest BCUT2D eigenvalue weighted by molar-refractivity contribution is 14.0. The van der Waals surface area contributed by atoms with Crippen molar-refractivity contribution in [3.8, 4) is 5.75 Å². The summed E-state index contributed by atoms with van der Waals surface area (Å²) < 4.78 is 44.2. The van der Waals surface area contributed by atoms with E-state index in [-0.39, 0.29) is 47.6 Å². The first-order valence-corrected chi connectivity index (χ1v) is 11.1. The Labute approximate surface area is 195 Å². The van der Waals surface area contributed by atoms with Gasteiger partial charge in [-0.3, -0.25) is 4.99 Å². The molecule has 0 aliphatic heterocycles. The highest BCUT2D eigenvalue weighted by atomic mass is 127. The third-order valence-electron chi connectivity index (χ3n) is 4.61. The molecular weight excluding hydrogens is 520 g/mol. The summed E-state index contributed by atoms with van der Waals surface area (Å²) in [4.78, 5) is 4.48. The molecule has 9 heteroatoms. The minimum atomic E-state index is -3.43. The summed E-state index contributed by atoms with van der Waals surface area (Å²) in [5.74, 6) is 0.131. The minimum absolute atomic E-state index is 0. The molecule has 0 bridgehead atoms. The molecule has 2 unspecified atom stereocenters. The van der Waals surface area contributed by atoms with Crippen LogP contribution in [-0.4, -0.2) is 40.3 Å². The van der Waals surface area contributed by atoms with Gasteiger partial charge in [0.1, 0.15) is 0 Å². The molecule has 0 spiro atoms. The zero-order chi connectivity index (χ0) is 21.4. The smallest absolute Gasteiger partial charge is 0.191 e. The van der Waals surface area contributed by atoms with Crippen LogP contribution in [0.25, 0.3) is 0 Å². The van der Waals surface area contributed by atoms with E-state index in [0.29, 0.717) is 17.3 Å². The summed E-state index contributed by atoms with van der Waals surface area (Å²) in [7, 11) is -0.405. The summed E-state index contributed by atoms with van der Waals surface area (Å²) in [6.07, 6.45) is 0.596. The predicted octanol–water partition coefficient (Wildman–Crippen LogP) is 3.93. The second-order valence-corrected chi connectivity index (χ2v) is 8.71. The molecule has 2 atom stereocenters. The largest absolute Gasteiger partial charge is 0.494 e. The summed E-state index contributed by atoms with van der Waals surface area (Å²) in [6.45, 7) is 3.78. The number of sulfone groups is 1. The number of rotatable bonds is 8. The first kappa shape index (κ1) is 26.2. The number of halogens is 2. The Balaban J connectivity index is 0.00000450. The van der Waals surface area contributed by atoms with Gasteiger partial charge in [0, 0.05) is 13.1 Å². The number of hydrogen-bond donors (Lipinski definition) is 2. The molecule has 0 saturated heterocycles. The predicted molar refractivity (Wildman–Crippen MR) is 129 cm³/mol. The number of ether oxygens (including phenoxy) is 1. The van der Waals surface area contributed by atoms with Crippen LogP contribution in [0.2, 0.25) is 0 Å². The summed E-state index contributed by atoms with van der Waals surface area (Å²) in [5.41, 5.74) is 0.719. The lowest BCUT2D eigenvalue weighted by molar-refractivity contribution is 0.386. The maximum absolute atomic E-state index is 14.0. The lowest BCUT2D eigenvalue weighted by Crippen LogP contribution is -2.46.